The predicted octanol–water partition coefficient (Wildman–Crippen LogP) is 1.30. The number of esters is 1. The summed E-state index contributed by atoms with van der Waals surface area (Å²) in [6.07, 6.45) is 0.624. The van der Waals surface area contributed by atoms with Crippen LogP contribution in [0.25, 0.3) is 0 Å². The summed E-state index contributed by atoms with van der Waals surface area (Å²) in [6, 6.07) is 3.05. The highest BCUT2D eigenvalue weighted by Gasteiger charge is 2.33. The van der Waals surface area contributed by atoms with Crippen molar-refractivity contribution in [1.29, 1.82) is 0 Å². The Kier molecular flexibility index (Phi) is 3.64. The molecule has 1 aromatic rings. The van der Waals surface area contributed by atoms with Crippen LogP contribution in [0.3, 0.4) is 0 Å². The van der Waals surface area contributed by atoms with Crippen LogP contribution in [0, 0.1) is 23.0 Å². The van der Waals surface area contributed by atoms with Gasteiger partial charge in [-0.1, -0.05) is 0 Å². The van der Waals surface area contributed by atoms with Gasteiger partial charge >= 0.3 is 11.7 Å². The summed E-state index contributed by atoms with van der Waals surface area (Å²) in [5.74, 6) is -0.193. The number of carbonyl (C=O) groups excluding carboxylic acids is 1. The van der Waals surface area contributed by atoms with E-state index in [1.165, 1.54) is 13.2 Å². The highest BCUT2D eigenvalue weighted by molar-refractivity contribution is 5.74. The Morgan fingerprint density at radius 2 is 2.32 bits per heavy atom. The van der Waals surface area contributed by atoms with Crippen molar-refractivity contribution < 1.29 is 14.5 Å². The van der Waals surface area contributed by atoms with Crippen LogP contribution in [0.2, 0.25) is 0 Å². The van der Waals surface area contributed by atoms with Gasteiger partial charge in [0.2, 0.25) is 5.82 Å². The predicted molar refractivity (Wildman–Crippen MR) is 68.0 cm³/mol. The van der Waals surface area contributed by atoms with Gasteiger partial charge in [-0.2, -0.15) is 0 Å². The van der Waals surface area contributed by atoms with Gasteiger partial charge in [0.1, 0.15) is 0 Å². The molecule has 102 valence electrons. The third-order valence-electron chi connectivity index (χ3n) is 3.21. The molecule has 0 amide bonds. The molecule has 0 aliphatic carbocycles. The largest absolute Gasteiger partial charge is 0.469 e. The van der Waals surface area contributed by atoms with Crippen molar-refractivity contribution >= 4 is 17.5 Å². The average Bonchev–Trinajstić information content (AvgIpc) is 2.86. The van der Waals surface area contributed by atoms with Gasteiger partial charge in [0.15, 0.2) is 0 Å². The van der Waals surface area contributed by atoms with Crippen molar-refractivity contribution in [3.05, 3.63) is 27.9 Å². The number of carbonyl (C=O) groups is 1. The van der Waals surface area contributed by atoms with Gasteiger partial charge in [-0.25, -0.2) is 4.98 Å². The van der Waals surface area contributed by atoms with E-state index >= 15 is 0 Å². The Morgan fingerprint density at radius 1 is 1.58 bits per heavy atom. The number of aryl methyl sites for hydroxylation is 1. The first-order valence-electron chi connectivity index (χ1n) is 5.97. The summed E-state index contributed by atoms with van der Waals surface area (Å²) >= 11 is 0. The summed E-state index contributed by atoms with van der Waals surface area (Å²) in [6.45, 7) is 2.75. The number of anilines is 1. The van der Waals surface area contributed by atoms with E-state index in [1.807, 2.05) is 0 Å². The van der Waals surface area contributed by atoms with Crippen LogP contribution in [0.15, 0.2) is 12.1 Å². The lowest BCUT2D eigenvalue weighted by molar-refractivity contribution is -0.384. The van der Waals surface area contributed by atoms with E-state index in [9.17, 15) is 14.9 Å². The zero-order valence-electron chi connectivity index (χ0n) is 10.8. The van der Waals surface area contributed by atoms with E-state index < -0.39 is 4.92 Å². The van der Waals surface area contributed by atoms with E-state index in [0.29, 0.717) is 31.0 Å². The summed E-state index contributed by atoms with van der Waals surface area (Å²) in [5.41, 5.74) is 0.679. The van der Waals surface area contributed by atoms with Crippen molar-refractivity contribution in [2.75, 3.05) is 25.1 Å². The minimum Gasteiger partial charge on any atom is -0.469 e. The van der Waals surface area contributed by atoms with Gasteiger partial charge in [-0.15, -0.1) is 0 Å². The zero-order chi connectivity index (χ0) is 14.0. The number of hydrogen-bond donors (Lipinski definition) is 0. The molecular weight excluding hydrogens is 250 g/mol. The van der Waals surface area contributed by atoms with Crippen molar-refractivity contribution in [3.63, 3.8) is 0 Å². The second-order valence-corrected chi connectivity index (χ2v) is 4.51. The summed E-state index contributed by atoms with van der Waals surface area (Å²) < 4.78 is 4.70. The van der Waals surface area contributed by atoms with Crippen molar-refractivity contribution in [1.82, 2.24) is 4.98 Å². The minimum absolute atomic E-state index is 0.0314. The monoisotopic (exact) mass is 265 g/mol. The van der Waals surface area contributed by atoms with Crippen LogP contribution in [0.4, 0.5) is 11.5 Å². The van der Waals surface area contributed by atoms with Gasteiger partial charge in [-0.05, 0) is 19.4 Å². The number of hydrogen-bond acceptors (Lipinski definition) is 6. The van der Waals surface area contributed by atoms with Crippen LogP contribution in [-0.2, 0) is 9.53 Å². The average molecular weight is 265 g/mol. The van der Waals surface area contributed by atoms with Crippen LogP contribution in [0.1, 0.15) is 12.1 Å². The topological polar surface area (TPSA) is 85.6 Å². The van der Waals surface area contributed by atoms with Crippen molar-refractivity contribution in [2.45, 2.75) is 13.3 Å². The molecule has 1 aliphatic rings. The molecule has 19 heavy (non-hydrogen) atoms. The molecule has 0 saturated carbocycles. The van der Waals surface area contributed by atoms with Gasteiger partial charge in [0.05, 0.1) is 18.0 Å². The summed E-state index contributed by atoms with van der Waals surface area (Å²) in [5, 5.41) is 11.0. The molecule has 1 aromatic heterocycles. The quantitative estimate of drug-likeness (QED) is 0.465. The smallest absolute Gasteiger partial charge is 0.311 e. The van der Waals surface area contributed by atoms with E-state index in [1.54, 1.807) is 17.9 Å². The molecule has 1 atom stereocenters. The second kappa shape index (κ2) is 5.21. The molecule has 0 aromatic carbocycles. The van der Waals surface area contributed by atoms with E-state index in [2.05, 4.69) is 4.98 Å². The molecule has 2 heterocycles. The van der Waals surface area contributed by atoms with E-state index in [-0.39, 0.29) is 17.6 Å². The molecule has 0 N–H and O–H groups in total. The Balaban J connectivity index is 2.26. The molecular formula is C12H15N3O4. The molecule has 7 nitrogen and oxygen atoms in total. The highest BCUT2D eigenvalue weighted by Crippen LogP contribution is 2.30. The number of methoxy groups -OCH3 is 1. The minimum atomic E-state index is -0.451. The molecule has 1 aliphatic heterocycles. The first-order valence-corrected chi connectivity index (χ1v) is 5.97. The van der Waals surface area contributed by atoms with Gasteiger partial charge in [0, 0.05) is 24.8 Å². The number of rotatable bonds is 3. The molecule has 1 unspecified atom stereocenters. The standard InChI is InChI=1S/C12H15N3O4/c1-8-3-4-10(15(17)18)11(13-8)14-6-5-9(7-14)12(16)19-2/h3-4,9H,5-7H2,1-2H3. The number of ether oxygens (including phenoxy) is 1. The molecule has 0 radical (unpaired) electrons. The van der Waals surface area contributed by atoms with Crippen LogP contribution >= 0.6 is 0 Å². The van der Waals surface area contributed by atoms with Crippen LogP contribution in [0.5, 0.6) is 0 Å². The van der Waals surface area contributed by atoms with Gasteiger partial charge < -0.3 is 9.64 Å². The number of nitrogens with zero attached hydrogens (tertiary/aromatic N) is 3. The fourth-order valence-electron chi connectivity index (χ4n) is 2.22. The first-order chi connectivity index (χ1) is 9.02. The second-order valence-electron chi connectivity index (χ2n) is 4.51. The molecule has 7 heteroatoms. The Labute approximate surface area is 110 Å². The van der Waals surface area contributed by atoms with E-state index in [0.717, 1.165) is 0 Å². The molecule has 0 bridgehead atoms. The Morgan fingerprint density at radius 3 is 2.95 bits per heavy atom. The van der Waals surface area contributed by atoms with Crippen molar-refractivity contribution in [2.24, 2.45) is 5.92 Å². The van der Waals surface area contributed by atoms with E-state index in [4.69, 9.17) is 4.74 Å². The normalized spacial score (nSPS) is 18.4. The fourth-order valence-corrected chi connectivity index (χ4v) is 2.22. The third kappa shape index (κ3) is 2.64. The SMILES string of the molecule is COC(=O)C1CCN(c2nc(C)ccc2[N+](=O)[O-])C1. The first kappa shape index (κ1) is 13.3. The lowest BCUT2D eigenvalue weighted by atomic mass is 10.1. The maximum atomic E-state index is 11.5. The number of aromatic nitrogens is 1. The molecule has 0 spiro atoms. The van der Waals surface area contributed by atoms with Gasteiger partial charge in [-0.3, -0.25) is 14.9 Å². The maximum absolute atomic E-state index is 11.5. The molecule has 2 rings (SSSR count). The number of pyridine rings is 1. The highest BCUT2D eigenvalue weighted by atomic mass is 16.6. The van der Waals surface area contributed by atoms with Gasteiger partial charge in [0.25, 0.3) is 0 Å². The number of nitro groups is 1. The van der Waals surface area contributed by atoms with Crippen molar-refractivity contribution in [3.8, 4) is 0 Å². The Hall–Kier alpha value is -2.18. The summed E-state index contributed by atoms with van der Waals surface area (Å²) in [4.78, 5) is 28.0. The maximum Gasteiger partial charge on any atom is 0.311 e. The lowest BCUT2D eigenvalue weighted by Crippen LogP contribution is -2.25. The third-order valence-corrected chi connectivity index (χ3v) is 3.21. The Bertz CT molecular complexity index is 518. The van der Waals surface area contributed by atoms with Crippen LogP contribution < -0.4 is 4.90 Å². The lowest BCUT2D eigenvalue weighted by Gasteiger charge is -2.17. The molecule has 1 saturated heterocycles. The molecule has 1 fully saturated rings. The van der Waals surface area contributed by atoms with Crippen LogP contribution in [-0.4, -0.2) is 36.1 Å². The summed E-state index contributed by atoms with van der Waals surface area (Å²) in [7, 11) is 1.35. The fraction of sp³-hybridized carbons (Fsp3) is 0.500. The zero-order valence-corrected chi connectivity index (χ0v) is 10.8.